The van der Waals surface area contributed by atoms with E-state index < -0.39 is 0 Å². The largest absolute Gasteiger partial charge is 0.350 e. The molecule has 1 aromatic rings. The lowest BCUT2D eigenvalue weighted by atomic mass is 10.1. The topological polar surface area (TPSA) is 66.9 Å². The quantitative estimate of drug-likeness (QED) is 0.761. The second-order valence-corrected chi connectivity index (χ2v) is 4.02. The summed E-state index contributed by atoms with van der Waals surface area (Å²) in [6.07, 6.45) is 1.70. The van der Waals surface area contributed by atoms with E-state index in [1.165, 1.54) is 0 Å². The van der Waals surface area contributed by atoms with Gasteiger partial charge in [-0.1, -0.05) is 13.8 Å². The third-order valence-corrected chi connectivity index (χ3v) is 2.43. The first-order valence-electron chi connectivity index (χ1n) is 5.90. The zero-order valence-corrected chi connectivity index (χ0v) is 10.7. The third-order valence-electron chi connectivity index (χ3n) is 2.43. The average molecular weight is 236 g/mol. The van der Waals surface area contributed by atoms with Crippen LogP contribution in [0.25, 0.3) is 0 Å². The molecular weight excluding hydrogens is 216 g/mol. The number of rotatable bonds is 6. The van der Waals surface area contributed by atoms with Gasteiger partial charge in [0.05, 0.1) is 12.2 Å². The molecule has 1 unspecified atom stereocenters. The first-order valence-corrected chi connectivity index (χ1v) is 5.90. The van der Waals surface area contributed by atoms with Crippen molar-refractivity contribution >= 4 is 5.91 Å². The number of nitrogens with zero attached hydrogens (tertiary/aromatic N) is 2. The highest BCUT2D eigenvalue weighted by molar-refractivity contribution is 5.78. The summed E-state index contributed by atoms with van der Waals surface area (Å²) in [5.41, 5.74) is 0.835. The lowest BCUT2D eigenvalue weighted by Crippen LogP contribution is -2.35. The summed E-state index contributed by atoms with van der Waals surface area (Å²) in [5, 5.41) is 6.02. The van der Waals surface area contributed by atoms with Crippen LogP contribution >= 0.6 is 0 Å². The Morgan fingerprint density at radius 1 is 1.53 bits per heavy atom. The molecule has 0 spiro atoms. The Balaban J connectivity index is 2.37. The molecule has 0 radical (unpaired) electrons. The number of aryl methyl sites for hydroxylation is 1. The fourth-order valence-electron chi connectivity index (χ4n) is 1.41. The van der Waals surface area contributed by atoms with Crippen molar-refractivity contribution in [2.75, 3.05) is 13.1 Å². The number of aromatic nitrogens is 2. The van der Waals surface area contributed by atoms with Crippen molar-refractivity contribution in [2.24, 2.45) is 5.92 Å². The molecule has 5 heteroatoms. The number of nitrogens with one attached hydrogen (secondary N) is 2. The first-order chi connectivity index (χ1) is 8.13. The van der Waals surface area contributed by atoms with E-state index in [9.17, 15) is 4.79 Å². The second-order valence-electron chi connectivity index (χ2n) is 4.02. The van der Waals surface area contributed by atoms with E-state index in [2.05, 4.69) is 20.6 Å². The zero-order chi connectivity index (χ0) is 12.7. The van der Waals surface area contributed by atoms with Crippen LogP contribution in [0.2, 0.25) is 0 Å². The summed E-state index contributed by atoms with van der Waals surface area (Å²) in [5.74, 6) is 0.734. The van der Waals surface area contributed by atoms with Gasteiger partial charge in [0.1, 0.15) is 5.82 Å². The van der Waals surface area contributed by atoms with Crippen LogP contribution in [-0.4, -0.2) is 29.0 Å². The summed E-state index contributed by atoms with van der Waals surface area (Å²) < 4.78 is 0. The Kier molecular flexibility index (Phi) is 5.56. The van der Waals surface area contributed by atoms with Gasteiger partial charge in [0.2, 0.25) is 5.91 Å². The lowest BCUT2D eigenvalue weighted by Gasteiger charge is -2.12. The van der Waals surface area contributed by atoms with Crippen LogP contribution in [0, 0.1) is 12.8 Å². The Labute approximate surface area is 102 Å². The van der Waals surface area contributed by atoms with Gasteiger partial charge in [-0.25, -0.2) is 9.97 Å². The SMILES string of the molecule is CCNCC(C)C(=O)NCc1ccnc(C)n1. The van der Waals surface area contributed by atoms with Gasteiger partial charge in [-0.15, -0.1) is 0 Å². The maximum Gasteiger partial charge on any atom is 0.224 e. The van der Waals surface area contributed by atoms with Gasteiger partial charge in [-0.2, -0.15) is 0 Å². The molecule has 1 rings (SSSR count). The van der Waals surface area contributed by atoms with Crippen LogP contribution in [0.3, 0.4) is 0 Å². The van der Waals surface area contributed by atoms with Gasteiger partial charge < -0.3 is 10.6 Å². The lowest BCUT2D eigenvalue weighted by molar-refractivity contribution is -0.124. The fraction of sp³-hybridized carbons (Fsp3) is 0.583. The van der Waals surface area contributed by atoms with Gasteiger partial charge in [0.25, 0.3) is 0 Å². The standard InChI is InChI=1S/C12H20N4O/c1-4-13-7-9(2)12(17)15-8-11-5-6-14-10(3)16-11/h5-6,9,13H,4,7-8H2,1-3H3,(H,15,17). The van der Waals surface area contributed by atoms with E-state index in [0.717, 1.165) is 18.1 Å². The first kappa shape index (κ1) is 13.6. The van der Waals surface area contributed by atoms with Crippen molar-refractivity contribution in [3.05, 3.63) is 23.8 Å². The molecule has 1 atom stereocenters. The Hall–Kier alpha value is -1.49. The van der Waals surface area contributed by atoms with E-state index in [4.69, 9.17) is 0 Å². The smallest absolute Gasteiger partial charge is 0.224 e. The van der Waals surface area contributed by atoms with E-state index in [-0.39, 0.29) is 11.8 Å². The van der Waals surface area contributed by atoms with Crippen LogP contribution in [0.4, 0.5) is 0 Å². The van der Waals surface area contributed by atoms with E-state index in [1.54, 1.807) is 6.20 Å². The van der Waals surface area contributed by atoms with Crippen molar-refractivity contribution < 1.29 is 4.79 Å². The second kappa shape index (κ2) is 6.96. The van der Waals surface area contributed by atoms with Gasteiger partial charge in [-0.3, -0.25) is 4.79 Å². The number of amides is 1. The summed E-state index contributed by atoms with van der Waals surface area (Å²) >= 11 is 0. The Bertz CT molecular complexity index is 367. The zero-order valence-electron chi connectivity index (χ0n) is 10.7. The number of carbonyl (C=O) groups excluding carboxylic acids is 1. The summed E-state index contributed by atoms with van der Waals surface area (Å²) in [6, 6.07) is 1.81. The minimum Gasteiger partial charge on any atom is -0.350 e. The molecule has 0 aliphatic heterocycles. The van der Waals surface area contributed by atoms with E-state index in [1.807, 2.05) is 26.8 Å². The molecule has 5 nitrogen and oxygen atoms in total. The van der Waals surface area contributed by atoms with Gasteiger partial charge >= 0.3 is 0 Å². The number of hydrogen-bond donors (Lipinski definition) is 2. The van der Waals surface area contributed by atoms with Crippen LogP contribution in [0.15, 0.2) is 12.3 Å². The van der Waals surface area contributed by atoms with Gasteiger partial charge in [-0.05, 0) is 19.5 Å². The maximum absolute atomic E-state index is 11.7. The molecule has 1 amide bonds. The van der Waals surface area contributed by atoms with Crippen molar-refractivity contribution in [3.63, 3.8) is 0 Å². The Morgan fingerprint density at radius 2 is 2.29 bits per heavy atom. The molecular formula is C12H20N4O. The van der Waals surface area contributed by atoms with Crippen molar-refractivity contribution in [3.8, 4) is 0 Å². The molecule has 0 fully saturated rings. The molecule has 0 aliphatic carbocycles. The molecule has 0 saturated carbocycles. The Morgan fingerprint density at radius 3 is 2.94 bits per heavy atom. The predicted molar refractivity (Wildman–Crippen MR) is 66.3 cm³/mol. The monoisotopic (exact) mass is 236 g/mol. The molecule has 0 bridgehead atoms. The highest BCUT2D eigenvalue weighted by Gasteiger charge is 2.11. The highest BCUT2D eigenvalue weighted by Crippen LogP contribution is 1.97. The third kappa shape index (κ3) is 4.91. The molecule has 2 N–H and O–H groups in total. The van der Waals surface area contributed by atoms with Gasteiger partial charge in [0, 0.05) is 18.7 Å². The van der Waals surface area contributed by atoms with Crippen LogP contribution in [0.5, 0.6) is 0 Å². The molecule has 0 aromatic carbocycles. The summed E-state index contributed by atoms with van der Waals surface area (Å²) in [6.45, 7) is 7.79. The molecule has 0 aliphatic rings. The molecule has 94 valence electrons. The van der Waals surface area contributed by atoms with Gasteiger partial charge in [0.15, 0.2) is 0 Å². The fourth-order valence-corrected chi connectivity index (χ4v) is 1.41. The summed E-state index contributed by atoms with van der Waals surface area (Å²) in [4.78, 5) is 19.9. The minimum absolute atomic E-state index is 0.0297. The average Bonchev–Trinajstić information content (AvgIpc) is 2.33. The van der Waals surface area contributed by atoms with Crippen LogP contribution in [0.1, 0.15) is 25.4 Å². The number of hydrogen-bond acceptors (Lipinski definition) is 4. The highest BCUT2D eigenvalue weighted by atomic mass is 16.1. The molecule has 1 aromatic heterocycles. The van der Waals surface area contributed by atoms with Crippen LogP contribution in [-0.2, 0) is 11.3 Å². The van der Waals surface area contributed by atoms with E-state index in [0.29, 0.717) is 13.1 Å². The normalized spacial score (nSPS) is 12.2. The molecule has 1 heterocycles. The van der Waals surface area contributed by atoms with Crippen molar-refractivity contribution in [1.29, 1.82) is 0 Å². The minimum atomic E-state index is -0.0297. The van der Waals surface area contributed by atoms with Crippen molar-refractivity contribution in [2.45, 2.75) is 27.3 Å². The predicted octanol–water partition coefficient (Wildman–Crippen LogP) is 0.647. The van der Waals surface area contributed by atoms with Crippen LogP contribution < -0.4 is 10.6 Å². The molecule has 17 heavy (non-hydrogen) atoms. The maximum atomic E-state index is 11.7. The van der Waals surface area contributed by atoms with E-state index >= 15 is 0 Å². The number of carbonyl (C=O) groups is 1. The molecule has 0 saturated heterocycles. The van der Waals surface area contributed by atoms with Crippen molar-refractivity contribution in [1.82, 2.24) is 20.6 Å². The summed E-state index contributed by atoms with van der Waals surface area (Å²) in [7, 11) is 0.